The van der Waals surface area contributed by atoms with Crippen molar-refractivity contribution >= 4 is 5.91 Å². The number of aromatic amines is 1. The van der Waals surface area contributed by atoms with Gasteiger partial charge in [0.05, 0.1) is 11.9 Å². The first kappa shape index (κ1) is 18.8. The van der Waals surface area contributed by atoms with Gasteiger partial charge in [-0.2, -0.15) is 10.2 Å². The SMILES string of the molecule is Cc1cnn(CCC(=O)N(C)CCCc2cc(-c3cccc(F)c3)n[nH]2)c1. The van der Waals surface area contributed by atoms with Crippen LogP contribution in [-0.4, -0.2) is 44.4 Å². The summed E-state index contributed by atoms with van der Waals surface area (Å²) in [6, 6.07) is 8.31. The van der Waals surface area contributed by atoms with Crippen molar-refractivity contribution in [3.63, 3.8) is 0 Å². The lowest BCUT2D eigenvalue weighted by Gasteiger charge is -2.16. The Morgan fingerprint density at radius 3 is 2.93 bits per heavy atom. The number of aryl methyl sites for hydroxylation is 3. The fraction of sp³-hybridized carbons (Fsp3) is 0.350. The Bertz CT molecular complexity index is 901. The van der Waals surface area contributed by atoms with Crippen molar-refractivity contribution in [2.75, 3.05) is 13.6 Å². The van der Waals surface area contributed by atoms with E-state index in [4.69, 9.17) is 0 Å². The molecule has 2 heterocycles. The van der Waals surface area contributed by atoms with E-state index in [2.05, 4.69) is 15.3 Å². The average molecular weight is 369 g/mol. The van der Waals surface area contributed by atoms with Gasteiger partial charge < -0.3 is 4.90 Å². The van der Waals surface area contributed by atoms with Crippen molar-refractivity contribution in [1.82, 2.24) is 24.9 Å². The van der Waals surface area contributed by atoms with E-state index in [1.165, 1.54) is 12.1 Å². The van der Waals surface area contributed by atoms with Gasteiger partial charge in [-0.15, -0.1) is 0 Å². The molecule has 27 heavy (non-hydrogen) atoms. The second-order valence-corrected chi connectivity index (χ2v) is 6.74. The molecule has 0 aliphatic rings. The largest absolute Gasteiger partial charge is 0.346 e. The summed E-state index contributed by atoms with van der Waals surface area (Å²) in [5.74, 6) is -0.171. The predicted octanol–water partition coefficient (Wildman–Crippen LogP) is 3.20. The molecule has 0 fully saturated rings. The summed E-state index contributed by atoms with van der Waals surface area (Å²) in [6.45, 7) is 3.24. The molecule has 6 nitrogen and oxygen atoms in total. The first-order valence-electron chi connectivity index (χ1n) is 9.04. The Morgan fingerprint density at radius 2 is 2.19 bits per heavy atom. The smallest absolute Gasteiger partial charge is 0.224 e. The molecule has 0 radical (unpaired) electrons. The molecular weight excluding hydrogens is 345 g/mol. The Labute approximate surface area is 158 Å². The predicted molar refractivity (Wildman–Crippen MR) is 102 cm³/mol. The van der Waals surface area contributed by atoms with Gasteiger partial charge in [-0.1, -0.05) is 12.1 Å². The fourth-order valence-electron chi connectivity index (χ4n) is 2.91. The normalized spacial score (nSPS) is 10.9. The molecule has 0 unspecified atom stereocenters. The third-order valence-corrected chi connectivity index (χ3v) is 4.43. The third-order valence-electron chi connectivity index (χ3n) is 4.43. The maximum atomic E-state index is 13.3. The van der Waals surface area contributed by atoms with Crippen molar-refractivity contribution in [2.24, 2.45) is 0 Å². The summed E-state index contributed by atoms with van der Waals surface area (Å²) in [6.07, 6.45) is 5.76. The number of hydrogen-bond acceptors (Lipinski definition) is 3. The lowest BCUT2D eigenvalue weighted by Crippen LogP contribution is -2.28. The van der Waals surface area contributed by atoms with Crippen LogP contribution in [-0.2, 0) is 17.8 Å². The molecule has 0 aliphatic heterocycles. The van der Waals surface area contributed by atoms with E-state index in [0.29, 0.717) is 19.5 Å². The number of amides is 1. The highest BCUT2D eigenvalue weighted by atomic mass is 19.1. The van der Waals surface area contributed by atoms with Crippen LogP contribution >= 0.6 is 0 Å². The van der Waals surface area contributed by atoms with Gasteiger partial charge in [0.15, 0.2) is 0 Å². The molecule has 0 atom stereocenters. The van der Waals surface area contributed by atoms with Crippen molar-refractivity contribution in [3.05, 3.63) is 59.8 Å². The van der Waals surface area contributed by atoms with E-state index in [-0.39, 0.29) is 11.7 Å². The summed E-state index contributed by atoms with van der Waals surface area (Å²) in [5, 5.41) is 11.4. The van der Waals surface area contributed by atoms with Gasteiger partial charge in [0.2, 0.25) is 5.91 Å². The zero-order chi connectivity index (χ0) is 19.2. The highest BCUT2D eigenvalue weighted by Crippen LogP contribution is 2.19. The number of carbonyl (C=O) groups is 1. The van der Waals surface area contributed by atoms with Crippen LogP contribution in [0.1, 0.15) is 24.1 Å². The van der Waals surface area contributed by atoms with E-state index in [9.17, 15) is 9.18 Å². The van der Waals surface area contributed by atoms with Crippen molar-refractivity contribution < 1.29 is 9.18 Å². The quantitative estimate of drug-likeness (QED) is 0.663. The molecule has 142 valence electrons. The van der Waals surface area contributed by atoms with E-state index in [1.54, 1.807) is 21.8 Å². The molecule has 0 saturated heterocycles. The van der Waals surface area contributed by atoms with E-state index in [1.807, 2.05) is 32.3 Å². The average Bonchev–Trinajstić information content (AvgIpc) is 3.28. The number of benzene rings is 1. The fourth-order valence-corrected chi connectivity index (χ4v) is 2.91. The monoisotopic (exact) mass is 369 g/mol. The van der Waals surface area contributed by atoms with Crippen LogP contribution in [0.15, 0.2) is 42.7 Å². The number of H-pyrrole nitrogens is 1. The summed E-state index contributed by atoms with van der Waals surface area (Å²) < 4.78 is 15.1. The minimum atomic E-state index is -0.276. The first-order chi connectivity index (χ1) is 13.0. The van der Waals surface area contributed by atoms with Crippen molar-refractivity contribution in [2.45, 2.75) is 32.7 Å². The lowest BCUT2D eigenvalue weighted by molar-refractivity contribution is -0.130. The van der Waals surface area contributed by atoms with Gasteiger partial charge >= 0.3 is 0 Å². The second-order valence-electron chi connectivity index (χ2n) is 6.74. The van der Waals surface area contributed by atoms with Crippen LogP contribution in [0.3, 0.4) is 0 Å². The molecule has 0 bridgehead atoms. The number of aromatic nitrogens is 4. The second kappa shape index (κ2) is 8.62. The molecule has 1 amide bonds. The van der Waals surface area contributed by atoms with E-state index < -0.39 is 0 Å². The summed E-state index contributed by atoms with van der Waals surface area (Å²) in [7, 11) is 1.82. The third kappa shape index (κ3) is 5.26. The molecule has 0 spiro atoms. The van der Waals surface area contributed by atoms with Gasteiger partial charge in [-0.25, -0.2) is 4.39 Å². The van der Waals surface area contributed by atoms with Gasteiger partial charge in [0, 0.05) is 44.0 Å². The molecule has 0 saturated carbocycles. The van der Waals surface area contributed by atoms with Crippen LogP contribution in [0.2, 0.25) is 0 Å². The Hall–Kier alpha value is -2.96. The Kier molecular flexibility index (Phi) is 6.01. The Balaban J connectivity index is 1.43. The minimum absolute atomic E-state index is 0.105. The van der Waals surface area contributed by atoms with Crippen molar-refractivity contribution in [3.8, 4) is 11.3 Å². The van der Waals surface area contributed by atoms with Gasteiger partial charge in [0.25, 0.3) is 0 Å². The standard InChI is InChI=1S/C20H24FN5O/c1-15-13-22-26(14-15)10-8-20(27)25(2)9-4-7-18-12-19(24-23-18)16-5-3-6-17(21)11-16/h3,5-6,11-14H,4,7-10H2,1-2H3,(H,23,24). The highest BCUT2D eigenvalue weighted by Gasteiger charge is 2.10. The maximum Gasteiger partial charge on any atom is 0.224 e. The number of halogens is 1. The molecule has 3 rings (SSSR count). The number of nitrogens with zero attached hydrogens (tertiary/aromatic N) is 4. The number of carbonyl (C=O) groups excluding carboxylic acids is 1. The summed E-state index contributed by atoms with van der Waals surface area (Å²) >= 11 is 0. The van der Waals surface area contributed by atoms with Crippen LogP contribution in [0.4, 0.5) is 4.39 Å². The highest BCUT2D eigenvalue weighted by molar-refractivity contribution is 5.75. The topological polar surface area (TPSA) is 66.8 Å². The number of rotatable bonds is 8. The summed E-state index contributed by atoms with van der Waals surface area (Å²) in [4.78, 5) is 14.0. The van der Waals surface area contributed by atoms with E-state index >= 15 is 0 Å². The van der Waals surface area contributed by atoms with Crippen molar-refractivity contribution in [1.29, 1.82) is 0 Å². The van der Waals surface area contributed by atoms with Crippen LogP contribution in [0.5, 0.6) is 0 Å². The Morgan fingerprint density at radius 1 is 1.33 bits per heavy atom. The molecule has 7 heteroatoms. The number of hydrogen-bond donors (Lipinski definition) is 1. The maximum absolute atomic E-state index is 13.3. The molecule has 2 aromatic heterocycles. The van der Waals surface area contributed by atoms with Gasteiger partial charge in [0.1, 0.15) is 5.82 Å². The van der Waals surface area contributed by atoms with Crippen LogP contribution < -0.4 is 0 Å². The van der Waals surface area contributed by atoms with Gasteiger partial charge in [-0.3, -0.25) is 14.6 Å². The van der Waals surface area contributed by atoms with Crippen LogP contribution in [0, 0.1) is 12.7 Å². The lowest BCUT2D eigenvalue weighted by atomic mass is 10.1. The van der Waals surface area contributed by atoms with Crippen LogP contribution in [0.25, 0.3) is 11.3 Å². The number of nitrogens with one attached hydrogen (secondary N) is 1. The minimum Gasteiger partial charge on any atom is -0.346 e. The van der Waals surface area contributed by atoms with Gasteiger partial charge in [-0.05, 0) is 43.5 Å². The first-order valence-corrected chi connectivity index (χ1v) is 9.04. The molecule has 3 aromatic rings. The zero-order valence-electron chi connectivity index (χ0n) is 15.7. The molecule has 1 aromatic carbocycles. The zero-order valence-corrected chi connectivity index (χ0v) is 15.7. The molecule has 0 aliphatic carbocycles. The van der Waals surface area contributed by atoms with E-state index in [0.717, 1.165) is 35.4 Å². The summed E-state index contributed by atoms with van der Waals surface area (Å²) in [5.41, 5.74) is 3.54. The molecule has 1 N–H and O–H groups in total. The molecular formula is C20H24FN5O.